The van der Waals surface area contributed by atoms with Crippen molar-refractivity contribution in [2.75, 3.05) is 46.9 Å². The smallest absolute Gasteiger partial charge is 0.246 e. The highest BCUT2D eigenvalue weighted by atomic mass is 16.5. The molecular formula is C18H33N3O3. The van der Waals surface area contributed by atoms with Crippen LogP contribution in [-0.4, -0.2) is 74.1 Å². The molecule has 0 unspecified atom stereocenters. The van der Waals surface area contributed by atoms with Gasteiger partial charge < -0.3 is 19.9 Å². The highest BCUT2D eigenvalue weighted by molar-refractivity contribution is 5.92. The normalized spacial score (nSPS) is 24.6. The Kier molecular flexibility index (Phi) is 6.63. The van der Waals surface area contributed by atoms with Crippen LogP contribution >= 0.6 is 0 Å². The molecule has 0 radical (unpaired) electrons. The van der Waals surface area contributed by atoms with Crippen molar-refractivity contribution >= 4 is 11.8 Å². The summed E-state index contributed by atoms with van der Waals surface area (Å²) in [6.07, 6.45) is 3.05. The zero-order valence-corrected chi connectivity index (χ0v) is 15.6. The minimum atomic E-state index is -0.678. The third kappa shape index (κ3) is 4.28. The van der Waals surface area contributed by atoms with Gasteiger partial charge in [-0.1, -0.05) is 13.8 Å². The number of methoxy groups -OCH3 is 1. The Morgan fingerprint density at radius 2 is 2.04 bits per heavy atom. The fraction of sp³-hybridized carbons (Fsp3) is 0.889. The number of amides is 2. The van der Waals surface area contributed by atoms with Crippen molar-refractivity contribution in [2.24, 2.45) is 11.8 Å². The predicted molar refractivity (Wildman–Crippen MR) is 93.6 cm³/mol. The molecule has 2 saturated heterocycles. The van der Waals surface area contributed by atoms with Crippen LogP contribution < -0.4 is 5.32 Å². The van der Waals surface area contributed by atoms with Crippen molar-refractivity contribution in [1.82, 2.24) is 15.1 Å². The zero-order chi connectivity index (χ0) is 17.7. The van der Waals surface area contributed by atoms with Crippen LogP contribution in [0.15, 0.2) is 0 Å². The second-order valence-electron chi connectivity index (χ2n) is 7.79. The Morgan fingerprint density at radius 1 is 1.38 bits per heavy atom. The summed E-state index contributed by atoms with van der Waals surface area (Å²) >= 11 is 0. The highest BCUT2D eigenvalue weighted by Crippen LogP contribution is 2.36. The van der Waals surface area contributed by atoms with E-state index in [1.165, 1.54) is 0 Å². The molecule has 2 aliphatic heterocycles. The molecule has 0 saturated carbocycles. The van der Waals surface area contributed by atoms with E-state index in [1.807, 2.05) is 4.90 Å². The van der Waals surface area contributed by atoms with Gasteiger partial charge in [0.05, 0.1) is 6.61 Å². The lowest BCUT2D eigenvalue weighted by Gasteiger charge is -2.45. The van der Waals surface area contributed by atoms with Crippen molar-refractivity contribution < 1.29 is 14.3 Å². The van der Waals surface area contributed by atoms with Gasteiger partial charge in [0.15, 0.2) is 0 Å². The van der Waals surface area contributed by atoms with Gasteiger partial charge in [0.2, 0.25) is 11.8 Å². The molecule has 0 aromatic carbocycles. The predicted octanol–water partition coefficient (Wildman–Crippen LogP) is 1.11. The summed E-state index contributed by atoms with van der Waals surface area (Å²) in [4.78, 5) is 29.8. The van der Waals surface area contributed by atoms with Crippen molar-refractivity contribution in [2.45, 2.75) is 45.1 Å². The van der Waals surface area contributed by atoms with Gasteiger partial charge in [-0.15, -0.1) is 0 Å². The minimum absolute atomic E-state index is 0.00815. The second kappa shape index (κ2) is 8.30. The second-order valence-corrected chi connectivity index (χ2v) is 7.79. The summed E-state index contributed by atoms with van der Waals surface area (Å²) in [6, 6.07) is 0. The van der Waals surface area contributed by atoms with E-state index in [4.69, 9.17) is 4.74 Å². The molecule has 138 valence electrons. The molecule has 6 heteroatoms. The van der Waals surface area contributed by atoms with Crippen LogP contribution in [0.5, 0.6) is 0 Å². The van der Waals surface area contributed by atoms with Gasteiger partial charge in [-0.25, -0.2) is 0 Å². The number of hydrogen-bond donors (Lipinski definition) is 1. The molecule has 1 N–H and O–H groups in total. The molecule has 2 rings (SSSR count). The number of carbonyl (C=O) groups is 2. The molecule has 0 bridgehead atoms. The average molecular weight is 339 g/mol. The molecule has 2 aliphatic rings. The van der Waals surface area contributed by atoms with Crippen LogP contribution in [0.25, 0.3) is 0 Å². The average Bonchev–Trinajstić information content (AvgIpc) is 2.88. The Balaban J connectivity index is 2.13. The van der Waals surface area contributed by atoms with Crippen molar-refractivity contribution in [3.8, 4) is 0 Å². The van der Waals surface area contributed by atoms with E-state index in [0.29, 0.717) is 44.2 Å². The van der Waals surface area contributed by atoms with Gasteiger partial charge in [-0.2, -0.15) is 0 Å². The highest BCUT2D eigenvalue weighted by Gasteiger charge is 2.50. The summed E-state index contributed by atoms with van der Waals surface area (Å²) in [5, 5.41) is 2.99. The Hall–Kier alpha value is -1.14. The summed E-state index contributed by atoms with van der Waals surface area (Å²) in [7, 11) is 3.69. The number of ether oxygens (including phenoxy) is 1. The Labute approximate surface area is 145 Å². The molecule has 24 heavy (non-hydrogen) atoms. The molecule has 6 nitrogen and oxygen atoms in total. The first-order chi connectivity index (χ1) is 11.4. The van der Waals surface area contributed by atoms with Crippen LogP contribution in [0.2, 0.25) is 0 Å². The zero-order valence-electron chi connectivity index (χ0n) is 15.6. The fourth-order valence-electron chi connectivity index (χ4n) is 4.06. The molecule has 0 aromatic heterocycles. The SMILES string of the molecule is COCCNC(=O)C1(N2C[C@H](CC(C)C)CC2=O)CCN(C)CC1. The van der Waals surface area contributed by atoms with E-state index < -0.39 is 5.54 Å². The van der Waals surface area contributed by atoms with Gasteiger partial charge in [0.1, 0.15) is 5.54 Å². The maximum Gasteiger partial charge on any atom is 0.246 e. The Bertz CT molecular complexity index is 445. The summed E-state index contributed by atoms with van der Waals surface area (Å²) < 4.78 is 5.03. The molecular weight excluding hydrogens is 306 g/mol. The molecule has 1 atom stereocenters. The van der Waals surface area contributed by atoms with Gasteiger partial charge in [-0.3, -0.25) is 9.59 Å². The largest absolute Gasteiger partial charge is 0.383 e. The van der Waals surface area contributed by atoms with Gasteiger partial charge in [0, 0.05) is 39.7 Å². The number of piperidine rings is 1. The minimum Gasteiger partial charge on any atom is -0.383 e. The monoisotopic (exact) mass is 339 g/mol. The van der Waals surface area contributed by atoms with Gasteiger partial charge >= 0.3 is 0 Å². The Morgan fingerprint density at radius 3 is 2.62 bits per heavy atom. The number of nitrogens with zero attached hydrogens (tertiary/aromatic N) is 2. The first-order valence-electron chi connectivity index (χ1n) is 9.15. The molecule has 2 heterocycles. The lowest BCUT2D eigenvalue weighted by molar-refractivity contribution is -0.148. The topological polar surface area (TPSA) is 61.9 Å². The molecule has 0 spiro atoms. The number of nitrogens with one attached hydrogen (secondary N) is 1. The van der Waals surface area contributed by atoms with E-state index in [1.54, 1.807) is 7.11 Å². The molecule has 0 aliphatic carbocycles. The van der Waals surface area contributed by atoms with E-state index in [9.17, 15) is 9.59 Å². The quantitative estimate of drug-likeness (QED) is 0.706. The summed E-state index contributed by atoms with van der Waals surface area (Å²) in [6.45, 7) is 7.77. The summed E-state index contributed by atoms with van der Waals surface area (Å²) in [5.74, 6) is 1.09. The van der Waals surface area contributed by atoms with Crippen LogP contribution in [0.1, 0.15) is 39.5 Å². The van der Waals surface area contributed by atoms with Crippen molar-refractivity contribution in [3.63, 3.8) is 0 Å². The van der Waals surface area contributed by atoms with Crippen LogP contribution in [0.4, 0.5) is 0 Å². The van der Waals surface area contributed by atoms with Gasteiger partial charge in [-0.05, 0) is 38.1 Å². The van der Waals surface area contributed by atoms with Crippen LogP contribution in [-0.2, 0) is 14.3 Å². The third-order valence-electron chi connectivity index (χ3n) is 5.36. The lowest BCUT2D eigenvalue weighted by Crippen LogP contribution is -2.63. The van der Waals surface area contributed by atoms with E-state index >= 15 is 0 Å². The number of carbonyl (C=O) groups excluding carboxylic acids is 2. The fourth-order valence-corrected chi connectivity index (χ4v) is 4.06. The van der Waals surface area contributed by atoms with Gasteiger partial charge in [0.25, 0.3) is 0 Å². The van der Waals surface area contributed by atoms with E-state index in [0.717, 1.165) is 26.1 Å². The first-order valence-corrected chi connectivity index (χ1v) is 9.15. The van der Waals surface area contributed by atoms with E-state index in [-0.39, 0.29) is 11.8 Å². The lowest BCUT2D eigenvalue weighted by atomic mass is 9.84. The first kappa shape index (κ1) is 19.2. The number of rotatable bonds is 7. The standard InChI is InChI=1S/C18H33N3O3/c1-14(2)11-15-12-16(22)21(13-15)18(5-8-20(3)9-6-18)17(23)19-7-10-24-4/h14-15H,5-13H2,1-4H3,(H,19,23)/t15-/m1/s1. The van der Waals surface area contributed by atoms with Crippen LogP contribution in [0, 0.1) is 11.8 Å². The molecule has 2 amide bonds. The maximum atomic E-state index is 13.0. The van der Waals surface area contributed by atoms with Crippen molar-refractivity contribution in [3.05, 3.63) is 0 Å². The third-order valence-corrected chi connectivity index (χ3v) is 5.36. The van der Waals surface area contributed by atoms with Crippen molar-refractivity contribution in [1.29, 1.82) is 0 Å². The van der Waals surface area contributed by atoms with Crippen LogP contribution in [0.3, 0.4) is 0 Å². The number of likely N-dealkylation sites (tertiary alicyclic amines) is 2. The summed E-state index contributed by atoms with van der Waals surface area (Å²) in [5.41, 5.74) is -0.678. The maximum absolute atomic E-state index is 13.0. The van der Waals surface area contributed by atoms with E-state index in [2.05, 4.69) is 31.1 Å². The molecule has 0 aromatic rings. The molecule has 2 fully saturated rings. The number of hydrogen-bond acceptors (Lipinski definition) is 4.